The third-order valence-electron chi connectivity index (χ3n) is 2.68. The van der Waals surface area contributed by atoms with Gasteiger partial charge in [-0.1, -0.05) is 6.07 Å². The molecule has 0 aliphatic rings. The van der Waals surface area contributed by atoms with Gasteiger partial charge < -0.3 is 5.32 Å². The number of anilines is 1. The van der Waals surface area contributed by atoms with Gasteiger partial charge in [0.15, 0.2) is 0 Å². The van der Waals surface area contributed by atoms with E-state index in [0.29, 0.717) is 5.56 Å². The van der Waals surface area contributed by atoms with Crippen LogP contribution in [0.3, 0.4) is 0 Å². The maximum Gasteiger partial charge on any atom is 0.255 e. The molecule has 3 nitrogen and oxygen atoms in total. The highest BCUT2D eigenvalue weighted by Crippen LogP contribution is 2.19. The average Bonchev–Trinajstić information content (AvgIpc) is 2.37. The Hall–Kier alpha value is -2.74. The zero-order valence-corrected chi connectivity index (χ0v) is 10.6. The second-order valence-corrected chi connectivity index (χ2v) is 4.25. The van der Waals surface area contributed by atoms with Crippen LogP contribution in [0.5, 0.6) is 0 Å². The Kier molecular flexibility index (Phi) is 3.76. The van der Waals surface area contributed by atoms with Crippen molar-refractivity contribution < 1.29 is 13.6 Å². The van der Waals surface area contributed by atoms with Crippen LogP contribution in [-0.4, -0.2) is 5.91 Å². The summed E-state index contributed by atoms with van der Waals surface area (Å²) in [7, 11) is 0. The Balaban J connectivity index is 2.33. The van der Waals surface area contributed by atoms with Gasteiger partial charge in [-0.05, 0) is 42.8 Å². The van der Waals surface area contributed by atoms with Crippen LogP contribution >= 0.6 is 0 Å². The summed E-state index contributed by atoms with van der Waals surface area (Å²) in [5.41, 5.74) is 0.499. The number of hydrogen-bond donors (Lipinski definition) is 1. The number of rotatable bonds is 2. The summed E-state index contributed by atoms with van der Waals surface area (Å²) in [4.78, 5) is 12.0. The van der Waals surface area contributed by atoms with Crippen LogP contribution in [0.25, 0.3) is 0 Å². The average molecular weight is 272 g/mol. The van der Waals surface area contributed by atoms with Crippen molar-refractivity contribution in [2.45, 2.75) is 6.92 Å². The number of carbonyl (C=O) groups excluding carboxylic acids is 1. The fraction of sp³-hybridized carbons (Fsp3) is 0.0667. The molecule has 1 N–H and O–H groups in total. The molecule has 2 aromatic carbocycles. The highest BCUT2D eigenvalue weighted by atomic mass is 19.1. The fourth-order valence-electron chi connectivity index (χ4n) is 1.80. The molecule has 0 radical (unpaired) electrons. The summed E-state index contributed by atoms with van der Waals surface area (Å²) in [6.07, 6.45) is 0. The third kappa shape index (κ3) is 2.81. The molecular formula is C15H10F2N2O. The van der Waals surface area contributed by atoms with E-state index >= 15 is 0 Å². The highest BCUT2D eigenvalue weighted by molar-refractivity contribution is 6.05. The Labute approximate surface area is 114 Å². The number of benzene rings is 2. The number of carbonyl (C=O) groups is 1. The molecule has 5 heteroatoms. The summed E-state index contributed by atoms with van der Waals surface area (Å²) in [6.45, 7) is 1.66. The van der Waals surface area contributed by atoms with E-state index < -0.39 is 17.5 Å². The Bertz CT molecular complexity index is 700. The maximum atomic E-state index is 13.4. The van der Waals surface area contributed by atoms with Crippen LogP contribution in [-0.2, 0) is 0 Å². The van der Waals surface area contributed by atoms with Gasteiger partial charge >= 0.3 is 0 Å². The lowest BCUT2D eigenvalue weighted by Crippen LogP contribution is -2.13. The van der Waals surface area contributed by atoms with Crippen LogP contribution < -0.4 is 5.32 Å². The van der Waals surface area contributed by atoms with Crippen LogP contribution in [0.4, 0.5) is 14.5 Å². The number of nitrogens with zero attached hydrogens (tertiary/aromatic N) is 1. The third-order valence-corrected chi connectivity index (χ3v) is 2.68. The number of hydrogen-bond acceptors (Lipinski definition) is 2. The smallest absolute Gasteiger partial charge is 0.255 e. The molecule has 0 heterocycles. The van der Waals surface area contributed by atoms with Crippen molar-refractivity contribution in [2.24, 2.45) is 0 Å². The standard InChI is InChI=1S/C15H10F2N2O/c1-9-5-10(7-11(16)6-9)15(20)19-14-4-2-3-13(17)12(14)8-18/h2-7H,1H3,(H,19,20). The van der Waals surface area contributed by atoms with Gasteiger partial charge in [0.25, 0.3) is 5.91 Å². The summed E-state index contributed by atoms with van der Waals surface area (Å²) in [5, 5.41) is 11.3. The lowest BCUT2D eigenvalue weighted by molar-refractivity contribution is 0.102. The van der Waals surface area contributed by atoms with Gasteiger partial charge in [-0.25, -0.2) is 8.78 Å². The predicted octanol–water partition coefficient (Wildman–Crippen LogP) is 3.40. The molecule has 0 unspecified atom stereocenters. The minimum atomic E-state index is -0.722. The van der Waals surface area contributed by atoms with Crippen molar-refractivity contribution in [3.8, 4) is 6.07 Å². The molecule has 0 saturated heterocycles. The lowest BCUT2D eigenvalue weighted by atomic mass is 10.1. The van der Waals surface area contributed by atoms with E-state index in [2.05, 4.69) is 5.32 Å². The van der Waals surface area contributed by atoms with Crippen LogP contribution in [0, 0.1) is 29.9 Å². The van der Waals surface area contributed by atoms with Crippen molar-refractivity contribution >= 4 is 11.6 Å². The summed E-state index contributed by atoms with van der Waals surface area (Å²) >= 11 is 0. The molecule has 2 rings (SSSR count). The van der Waals surface area contributed by atoms with Gasteiger partial charge in [0, 0.05) is 5.56 Å². The number of nitriles is 1. The summed E-state index contributed by atoms with van der Waals surface area (Å²) < 4.78 is 26.6. The van der Waals surface area contributed by atoms with Crippen LogP contribution in [0.2, 0.25) is 0 Å². The SMILES string of the molecule is Cc1cc(F)cc(C(=O)Nc2cccc(F)c2C#N)c1. The van der Waals surface area contributed by atoms with E-state index in [1.165, 1.54) is 24.3 Å². The Morgan fingerprint density at radius 2 is 2.00 bits per heavy atom. The number of aryl methyl sites for hydroxylation is 1. The molecule has 1 amide bonds. The van der Waals surface area contributed by atoms with E-state index in [-0.39, 0.29) is 16.8 Å². The second-order valence-electron chi connectivity index (χ2n) is 4.25. The van der Waals surface area contributed by atoms with E-state index in [0.717, 1.165) is 12.1 Å². The van der Waals surface area contributed by atoms with E-state index in [4.69, 9.17) is 5.26 Å². The number of amides is 1. The molecule has 0 aromatic heterocycles. The second kappa shape index (κ2) is 5.49. The topological polar surface area (TPSA) is 52.9 Å². The summed E-state index contributed by atoms with van der Waals surface area (Å²) in [6, 6.07) is 9.46. The van der Waals surface area contributed by atoms with Crippen molar-refractivity contribution in [1.29, 1.82) is 5.26 Å². The molecular weight excluding hydrogens is 262 g/mol. The zero-order valence-electron chi connectivity index (χ0n) is 10.6. The molecule has 0 fully saturated rings. The first kappa shape index (κ1) is 13.7. The minimum absolute atomic E-state index is 0.0550. The normalized spacial score (nSPS) is 9.90. The molecule has 0 atom stereocenters. The number of nitrogens with one attached hydrogen (secondary N) is 1. The zero-order chi connectivity index (χ0) is 14.7. The van der Waals surface area contributed by atoms with Crippen LogP contribution in [0.15, 0.2) is 36.4 Å². The Morgan fingerprint density at radius 3 is 2.65 bits per heavy atom. The van der Waals surface area contributed by atoms with E-state index in [9.17, 15) is 13.6 Å². The van der Waals surface area contributed by atoms with Crippen molar-refractivity contribution in [1.82, 2.24) is 0 Å². The van der Waals surface area contributed by atoms with Gasteiger partial charge in [-0.3, -0.25) is 4.79 Å². The first-order chi connectivity index (χ1) is 9.51. The molecule has 100 valence electrons. The molecule has 0 aliphatic heterocycles. The Morgan fingerprint density at radius 1 is 1.25 bits per heavy atom. The van der Waals surface area contributed by atoms with Crippen LogP contribution in [0.1, 0.15) is 21.5 Å². The predicted molar refractivity (Wildman–Crippen MR) is 70.2 cm³/mol. The van der Waals surface area contributed by atoms with E-state index in [1.54, 1.807) is 13.0 Å². The molecule has 0 bridgehead atoms. The maximum absolute atomic E-state index is 13.4. The van der Waals surface area contributed by atoms with Crippen molar-refractivity contribution in [3.05, 3.63) is 64.7 Å². The quantitative estimate of drug-likeness (QED) is 0.911. The molecule has 0 aliphatic carbocycles. The van der Waals surface area contributed by atoms with Crippen molar-refractivity contribution in [2.75, 3.05) is 5.32 Å². The van der Waals surface area contributed by atoms with E-state index in [1.807, 2.05) is 0 Å². The monoisotopic (exact) mass is 272 g/mol. The van der Waals surface area contributed by atoms with Gasteiger partial charge in [-0.15, -0.1) is 0 Å². The molecule has 0 saturated carbocycles. The van der Waals surface area contributed by atoms with Gasteiger partial charge in [0.1, 0.15) is 23.3 Å². The lowest BCUT2D eigenvalue weighted by Gasteiger charge is -2.08. The van der Waals surface area contributed by atoms with Gasteiger partial charge in [-0.2, -0.15) is 5.26 Å². The molecule has 20 heavy (non-hydrogen) atoms. The fourth-order valence-corrected chi connectivity index (χ4v) is 1.80. The first-order valence-corrected chi connectivity index (χ1v) is 5.78. The number of halogens is 2. The summed E-state index contributed by atoms with van der Waals surface area (Å²) in [5.74, 6) is -1.86. The van der Waals surface area contributed by atoms with Gasteiger partial charge in [0.05, 0.1) is 5.69 Å². The molecule has 2 aromatic rings. The van der Waals surface area contributed by atoms with Crippen molar-refractivity contribution in [3.63, 3.8) is 0 Å². The minimum Gasteiger partial charge on any atom is -0.321 e. The largest absolute Gasteiger partial charge is 0.321 e. The first-order valence-electron chi connectivity index (χ1n) is 5.78. The highest BCUT2D eigenvalue weighted by Gasteiger charge is 2.13. The molecule has 0 spiro atoms. The van der Waals surface area contributed by atoms with Gasteiger partial charge in [0.2, 0.25) is 0 Å².